The summed E-state index contributed by atoms with van der Waals surface area (Å²) >= 11 is 0. The molecule has 0 aromatic carbocycles. The third kappa shape index (κ3) is 31.5. The predicted octanol–water partition coefficient (Wildman–Crippen LogP) is -21.0. The Labute approximate surface area is 344 Å². The summed E-state index contributed by atoms with van der Waals surface area (Å²) in [5.41, 5.74) is -11.9. The summed E-state index contributed by atoms with van der Waals surface area (Å²) in [6.07, 6.45) is -10.9. The van der Waals surface area contributed by atoms with Gasteiger partial charge in [-0.05, 0) is 0 Å². The molecular formula is C24H20O28Re3. The van der Waals surface area contributed by atoms with Crippen molar-refractivity contribution in [1.82, 2.24) is 0 Å². The Morgan fingerprint density at radius 1 is 0.255 bits per heavy atom. The van der Waals surface area contributed by atoms with Crippen molar-refractivity contribution in [3.05, 3.63) is 0 Å². The van der Waals surface area contributed by atoms with Crippen LogP contribution in [0.15, 0.2) is 0 Å². The van der Waals surface area contributed by atoms with Crippen molar-refractivity contribution in [2.75, 3.05) is 0 Å². The van der Waals surface area contributed by atoms with Gasteiger partial charge in [0, 0.05) is 99.1 Å². The molecule has 3 radical (unpaired) electrons. The molecule has 0 unspecified atom stereocenters. The molecule has 0 amide bonds. The summed E-state index contributed by atoms with van der Waals surface area (Å²) < 4.78 is 0. The van der Waals surface area contributed by atoms with Gasteiger partial charge in [0.05, 0.1) is 23.9 Å². The first-order valence-corrected chi connectivity index (χ1v) is 12.5. The molecule has 31 heteroatoms. The van der Waals surface area contributed by atoms with Gasteiger partial charge >= 0.3 is 61.3 Å². The van der Waals surface area contributed by atoms with Crippen molar-refractivity contribution in [2.24, 2.45) is 0 Å². The van der Waals surface area contributed by atoms with Gasteiger partial charge in [0.1, 0.15) is 22.4 Å². The van der Waals surface area contributed by atoms with Crippen LogP contribution in [0, 0.1) is 0 Å². The maximum Gasteiger partial charge on any atom is 4.00 e. The summed E-state index contributed by atoms with van der Waals surface area (Å²) in [5, 5.41) is 156. The number of rotatable bonds is 20. The third-order valence-electron chi connectivity index (χ3n) is 5.01. The van der Waals surface area contributed by atoms with Crippen LogP contribution in [0.3, 0.4) is 0 Å². The number of hydrogen-bond acceptors (Lipinski definition) is 28. The van der Waals surface area contributed by atoms with Crippen LogP contribution in [0.2, 0.25) is 0 Å². The number of carboxylic acids is 12. The number of carbonyl (C=O) groups is 12. The van der Waals surface area contributed by atoms with Crippen molar-refractivity contribution in [3.8, 4) is 0 Å². The number of aliphatic carboxylic acids is 12. The van der Waals surface area contributed by atoms with Crippen LogP contribution in [0.4, 0.5) is 0 Å². The van der Waals surface area contributed by atoms with Crippen LogP contribution < -0.4 is 61.3 Å². The van der Waals surface area contributed by atoms with Crippen LogP contribution in [0.25, 0.3) is 0 Å². The first-order chi connectivity index (χ1) is 23.1. The molecule has 4 N–H and O–H groups in total. The van der Waals surface area contributed by atoms with Crippen molar-refractivity contribution in [1.29, 1.82) is 0 Å². The first kappa shape index (κ1) is 65.4. The smallest absolute Gasteiger partial charge is 0.550 e. The van der Waals surface area contributed by atoms with Crippen molar-refractivity contribution in [2.45, 2.75) is 73.8 Å². The summed E-state index contributed by atoms with van der Waals surface area (Å²) in [6, 6.07) is 0. The molecule has 305 valence electrons. The molecule has 0 rings (SSSR count). The second-order valence-corrected chi connectivity index (χ2v) is 9.67. The van der Waals surface area contributed by atoms with E-state index in [4.69, 9.17) is 20.4 Å². The van der Waals surface area contributed by atoms with E-state index >= 15 is 0 Å². The molecule has 0 aromatic heterocycles. The summed E-state index contributed by atoms with van der Waals surface area (Å²) in [5.74, 6) is -23.9. The Morgan fingerprint density at radius 3 is 0.364 bits per heavy atom. The topological polar surface area (TPSA) is 562 Å². The Morgan fingerprint density at radius 2 is 0.327 bits per heavy atom. The van der Waals surface area contributed by atoms with Gasteiger partial charge in [-0.3, -0.25) is 0 Å². The van der Waals surface area contributed by atoms with Crippen LogP contribution in [-0.4, -0.2) is 114 Å². The fourth-order valence-corrected chi connectivity index (χ4v) is 2.74. The first-order valence-electron chi connectivity index (χ1n) is 12.5. The minimum Gasteiger partial charge on any atom is -0.550 e. The second-order valence-electron chi connectivity index (χ2n) is 9.67. The molecule has 0 heterocycles. The van der Waals surface area contributed by atoms with Gasteiger partial charge in [-0.15, -0.1) is 0 Å². The Kier molecular flexibility index (Phi) is 34.3. The van der Waals surface area contributed by atoms with Crippen molar-refractivity contribution < 1.29 is 201 Å². The molecule has 0 aliphatic rings. The molecule has 0 aliphatic carbocycles. The molecule has 0 fully saturated rings. The van der Waals surface area contributed by atoms with Crippen molar-refractivity contribution >= 4 is 71.6 Å². The van der Waals surface area contributed by atoms with Gasteiger partial charge in [-0.2, -0.15) is 0 Å². The van der Waals surface area contributed by atoms with Gasteiger partial charge in [-0.25, -0.2) is 0 Å². The predicted molar refractivity (Wildman–Crippen MR) is 117 cm³/mol. The van der Waals surface area contributed by atoms with Gasteiger partial charge in [-0.1, -0.05) is 0 Å². The number of hydrogen-bond donors (Lipinski definition) is 4. The zero-order valence-corrected chi connectivity index (χ0v) is 34.5. The van der Waals surface area contributed by atoms with Gasteiger partial charge in [0.2, 0.25) is 0 Å². The standard InChI is InChI=1S/4C6H8O7.3Re/c4*7-3(8)1-6(13,5(11)12)2-4(9)10;;;/h4*13H,1-2H2,(H,7,8)(H,9,10)(H,11,12);;;/q;;;;3*+4/p-12. The minimum absolute atomic E-state index is 0. The molecule has 28 nitrogen and oxygen atoms in total. The summed E-state index contributed by atoms with van der Waals surface area (Å²) in [4.78, 5) is 120. The molecule has 0 aliphatic heterocycles. The third-order valence-corrected chi connectivity index (χ3v) is 5.01. The Hall–Kier alpha value is -4.53. The second kappa shape index (κ2) is 28.8. The largest absolute Gasteiger partial charge is 4.00 e. The maximum atomic E-state index is 10.1. The molecule has 0 saturated carbocycles. The molecule has 0 aromatic rings. The SMILES string of the molecule is O=C([O-])CC(O)(CC(=O)[O-])C(=O)[O-].O=C([O-])CC(O)(CC(=O)[O-])C(=O)[O-].O=C([O-])CC(O)(CC(=O)[O-])C(=O)[O-].O=C([O-])CC(O)(CC(=O)[O-])C(=O)[O-].[Re+4].[Re+4].[Re+4]. The summed E-state index contributed by atoms with van der Waals surface area (Å²) in [7, 11) is 0. The zero-order valence-electron chi connectivity index (χ0n) is 26.4. The monoisotopic (exact) mass is 1320 g/mol. The van der Waals surface area contributed by atoms with E-state index in [1.54, 1.807) is 0 Å². The van der Waals surface area contributed by atoms with E-state index in [1.165, 1.54) is 0 Å². The molecule has 55 heavy (non-hydrogen) atoms. The van der Waals surface area contributed by atoms with Gasteiger partial charge in [0.15, 0.2) is 0 Å². The van der Waals surface area contributed by atoms with E-state index in [0.29, 0.717) is 0 Å². The average molecular weight is 1320 g/mol. The minimum atomic E-state index is -2.97. The fraction of sp³-hybridized carbons (Fsp3) is 0.500. The van der Waals surface area contributed by atoms with Crippen LogP contribution in [0.1, 0.15) is 51.4 Å². The summed E-state index contributed by atoms with van der Waals surface area (Å²) in [6.45, 7) is 0. The molecule has 0 saturated heterocycles. The number of carbonyl (C=O) groups excluding carboxylic acids is 12. The number of carboxylic acid groups (broad SMARTS) is 12. The normalized spacial score (nSPS) is 10.3. The van der Waals surface area contributed by atoms with E-state index in [9.17, 15) is 119 Å². The van der Waals surface area contributed by atoms with E-state index in [0.717, 1.165) is 0 Å². The van der Waals surface area contributed by atoms with E-state index in [1.807, 2.05) is 0 Å². The molecule has 0 spiro atoms. The Balaban J connectivity index is -0.000000110. The average Bonchev–Trinajstić information content (AvgIpc) is 2.85. The van der Waals surface area contributed by atoms with Gasteiger partial charge in [0.25, 0.3) is 0 Å². The molecule has 0 bridgehead atoms. The quantitative estimate of drug-likeness (QED) is 0.0879. The van der Waals surface area contributed by atoms with Crippen LogP contribution >= 0.6 is 0 Å². The fourth-order valence-electron chi connectivity index (χ4n) is 2.74. The molecular weight excluding hydrogens is 1290 g/mol. The zero-order chi connectivity index (χ0) is 42.6. The van der Waals surface area contributed by atoms with E-state index in [-0.39, 0.29) is 61.3 Å². The van der Waals surface area contributed by atoms with E-state index < -0.39 is 145 Å². The Bertz CT molecular complexity index is 1130. The van der Waals surface area contributed by atoms with E-state index in [2.05, 4.69) is 0 Å². The van der Waals surface area contributed by atoms with Crippen LogP contribution in [-0.2, 0) is 119 Å². The number of aliphatic hydroxyl groups is 4. The van der Waals surface area contributed by atoms with Crippen LogP contribution in [0.5, 0.6) is 0 Å². The molecule has 0 atom stereocenters. The maximum absolute atomic E-state index is 10.1. The van der Waals surface area contributed by atoms with Crippen molar-refractivity contribution in [3.63, 3.8) is 0 Å². The van der Waals surface area contributed by atoms with Gasteiger partial charge < -0.3 is 139 Å².